The summed E-state index contributed by atoms with van der Waals surface area (Å²) in [7, 11) is 0. The zero-order chi connectivity index (χ0) is 33.4. The fraction of sp³-hybridized carbons (Fsp3) is 0.286. The van der Waals surface area contributed by atoms with Gasteiger partial charge >= 0.3 is 6.09 Å². The van der Waals surface area contributed by atoms with Crippen LogP contribution >= 0.6 is 0 Å². The lowest BCUT2D eigenvalue weighted by Crippen LogP contribution is -2.58. The summed E-state index contributed by atoms with van der Waals surface area (Å²) in [6.45, 7) is 1.84. The molecule has 6 N–H and O–H groups in total. The SMILES string of the molecule is C[C@]1(C(=O)[C@H](Cc2ccccc2)NC(=O)[C@H](Cc2c[nH]c3ccccc23)NC(=O)[C@H](CC(N)=O)NC(=O)OCc2ccccc2)CO1. The summed E-state index contributed by atoms with van der Waals surface area (Å²) >= 11 is 0. The summed E-state index contributed by atoms with van der Waals surface area (Å²) in [5, 5.41) is 8.75. The number of nitrogens with two attached hydrogens (primary N) is 1. The first kappa shape index (κ1) is 32.9. The van der Waals surface area contributed by atoms with E-state index in [1.54, 1.807) is 37.4 Å². The number of carbonyl (C=O) groups excluding carboxylic acids is 5. The quantitative estimate of drug-likeness (QED) is 0.124. The molecule has 3 aromatic carbocycles. The van der Waals surface area contributed by atoms with Crippen LogP contribution in [0.3, 0.4) is 0 Å². The fourth-order valence-corrected chi connectivity index (χ4v) is 5.27. The van der Waals surface area contributed by atoms with Gasteiger partial charge in [0.15, 0.2) is 5.78 Å². The molecule has 5 rings (SSSR count). The molecule has 4 atom stereocenters. The van der Waals surface area contributed by atoms with E-state index in [0.29, 0.717) is 0 Å². The minimum Gasteiger partial charge on any atom is -0.445 e. The van der Waals surface area contributed by atoms with Crippen LogP contribution in [0.1, 0.15) is 30.0 Å². The Morgan fingerprint density at radius 3 is 2.06 bits per heavy atom. The van der Waals surface area contributed by atoms with E-state index in [0.717, 1.165) is 27.6 Å². The van der Waals surface area contributed by atoms with Gasteiger partial charge in [-0.15, -0.1) is 0 Å². The number of aromatic nitrogens is 1. The van der Waals surface area contributed by atoms with Crippen molar-refractivity contribution in [3.63, 3.8) is 0 Å². The molecule has 1 aliphatic heterocycles. The highest BCUT2D eigenvalue weighted by molar-refractivity contribution is 5.99. The predicted molar refractivity (Wildman–Crippen MR) is 173 cm³/mol. The van der Waals surface area contributed by atoms with Crippen LogP contribution in [0.15, 0.2) is 91.1 Å². The normalized spacial score (nSPS) is 17.1. The molecule has 0 bridgehead atoms. The van der Waals surface area contributed by atoms with Crippen LogP contribution in [-0.4, -0.2) is 64.9 Å². The number of ketones is 1. The number of benzene rings is 3. The molecule has 12 heteroatoms. The number of hydrogen-bond donors (Lipinski definition) is 5. The number of aromatic amines is 1. The molecule has 0 unspecified atom stereocenters. The summed E-state index contributed by atoms with van der Waals surface area (Å²) in [6.07, 6.45) is 0.487. The predicted octanol–water partition coefficient (Wildman–Crippen LogP) is 2.45. The second kappa shape index (κ2) is 14.7. The van der Waals surface area contributed by atoms with Crippen molar-refractivity contribution in [2.45, 2.75) is 56.5 Å². The largest absolute Gasteiger partial charge is 0.445 e. The number of ether oxygens (including phenoxy) is 2. The van der Waals surface area contributed by atoms with Gasteiger partial charge in [0.25, 0.3) is 0 Å². The summed E-state index contributed by atoms with van der Waals surface area (Å²) in [5.41, 5.74) is 7.50. The van der Waals surface area contributed by atoms with E-state index < -0.39 is 54.0 Å². The average molecular weight is 640 g/mol. The van der Waals surface area contributed by atoms with Gasteiger partial charge in [-0.25, -0.2) is 4.79 Å². The molecule has 12 nitrogen and oxygen atoms in total. The number of amides is 4. The number of H-pyrrole nitrogens is 1. The Kier molecular flexibility index (Phi) is 10.3. The molecule has 0 radical (unpaired) electrons. The van der Waals surface area contributed by atoms with E-state index in [4.69, 9.17) is 15.2 Å². The van der Waals surface area contributed by atoms with Crippen molar-refractivity contribution in [2.75, 3.05) is 6.61 Å². The lowest BCUT2D eigenvalue weighted by Gasteiger charge is -2.25. The molecule has 1 aromatic heterocycles. The maximum Gasteiger partial charge on any atom is 0.408 e. The van der Waals surface area contributed by atoms with Crippen LogP contribution < -0.4 is 21.7 Å². The molecular formula is C35H37N5O7. The van der Waals surface area contributed by atoms with E-state index >= 15 is 0 Å². The first-order chi connectivity index (χ1) is 22.6. The monoisotopic (exact) mass is 639 g/mol. The van der Waals surface area contributed by atoms with E-state index in [1.807, 2.05) is 60.7 Å². The van der Waals surface area contributed by atoms with E-state index in [2.05, 4.69) is 20.9 Å². The van der Waals surface area contributed by atoms with Crippen molar-refractivity contribution in [1.82, 2.24) is 20.9 Å². The first-order valence-corrected chi connectivity index (χ1v) is 15.2. The minimum absolute atomic E-state index is 0.0311. The first-order valence-electron chi connectivity index (χ1n) is 15.2. The maximum atomic E-state index is 14.0. The molecule has 4 aromatic rings. The topological polar surface area (TPSA) is 185 Å². The van der Waals surface area contributed by atoms with Crippen LogP contribution in [0.2, 0.25) is 0 Å². The molecule has 0 saturated carbocycles. The summed E-state index contributed by atoms with van der Waals surface area (Å²) in [5.74, 6) is -2.60. The van der Waals surface area contributed by atoms with Gasteiger partial charge in [0.05, 0.1) is 19.1 Å². The molecule has 4 amide bonds. The summed E-state index contributed by atoms with van der Waals surface area (Å²) < 4.78 is 10.6. The third kappa shape index (κ3) is 8.82. The number of nitrogens with one attached hydrogen (secondary N) is 4. The lowest BCUT2D eigenvalue weighted by molar-refractivity contribution is -0.133. The molecular weight excluding hydrogens is 602 g/mol. The zero-order valence-electron chi connectivity index (χ0n) is 25.9. The fourth-order valence-electron chi connectivity index (χ4n) is 5.27. The minimum atomic E-state index is -1.44. The van der Waals surface area contributed by atoms with Gasteiger partial charge in [0.1, 0.15) is 24.3 Å². The molecule has 47 heavy (non-hydrogen) atoms. The zero-order valence-corrected chi connectivity index (χ0v) is 25.9. The second-order valence-corrected chi connectivity index (χ2v) is 11.7. The number of hydrogen-bond acceptors (Lipinski definition) is 7. The average Bonchev–Trinajstić information content (AvgIpc) is 3.70. The molecule has 0 spiro atoms. The molecule has 2 heterocycles. The molecule has 0 aliphatic carbocycles. The highest BCUT2D eigenvalue weighted by Gasteiger charge is 2.50. The number of Topliss-reactive ketones (excluding diaryl/α,β-unsaturated/α-hetero) is 1. The Hall–Kier alpha value is -5.49. The number of rotatable bonds is 15. The standard InChI is InChI=1S/C35H37N5O7/c1-35(21-47-35)31(42)27(16-22-10-4-2-5-11-22)38-32(43)28(17-24-19-37-26-15-9-8-14-25(24)26)39-33(44)29(18-30(36)41)40-34(45)46-20-23-12-6-3-7-13-23/h2-15,19,27-29,37H,16-18,20-21H2,1H3,(H2,36,41)(H,38,43)(H,39,44)(H,40,45)/t27-,28-,29-,35+/m0/s1. The van der Waals surface area contributed by atoms with Gasteiger partial charge in [-0.3, -0.25) is 19.2 Å². The Morgan fingerprint density at radius 1 is 0.809 bits per heavy atom. The van der Waals surface area contributed by atoms with Crippen molar-refractivity contribution < 1.29 is 33.4 Å². The van der Waals surface area contributed by atoms with Gasteiger partial charge in [-0.05, 0) is 36.1 Å². The Labute approximate surface area is 271 Å². The lowest BCUT2D eigenvalue weighted by atomic mass is 9.94. The number of primary amides is 1. The molecule has 1 saturated heterocycles. The van der Waals surface area contributed by atoms with Crippen molar-refractivity contribution >= 4 is 40.5 Å². The summed E-state index contributed by atoms with van der Waals surface area (Å²) in [6, 6.07) is 22.0. The number of fused-ring (bicyclic) bond motifs is 1. The number of alkyl carbamates (subject to hydrolysis) is 1. The number of epoxide rings is 1. The Morgan fingerprint density at radius 2 is 1.40 bits per heavy atom. The van der Waals surface area contributed by atoms with Gasteiger partial charge < -0.3 is 36.1 Å². The van der Waals surface area contributed by atoms with Crippen molar-refractivity contribution in [1.29, 1.82) is 0 Å². The van der Waals surface area contributed by atoms with E-state index in [1.165, 1.54) is 0 Å². The van der Waals surface area contributed by atoms with Crippen LogP contribution in [0.25, 0.3) is 10.9 Å². The van der Waals surface area contributed by atoms with Gasteiger partial charge in [-0.2, -0.15) is 0 Å². The van der Waals surface area contributed by atoms with Crippen LogP contribution in [0.5, 0.6) is 0 Å². The molecule has 244 valence electrons. The molecule has 1 fully saturated rings. The smallest absolute Gasteiger partial charge is 0.408 e. The van der Waals surface area contributed by atoms with E-state index in [9.17, 15) is 24.0 Å². The van der Waals surface area contributed by atoms with Crippen molar-refractivity contribution in [3.05, 3.63) is 108 Å². The number of carbonyl (C=O) groups is 5. The van der Waals surface area contributed by atoms with Crippen LogP contribution in [-0.2, 0) is 48.1 Å². The van der Waals surface area contributed by atoms with Gasteiger partial charge in [-0.1, -0.05) is 78.9 Å². The number of para-hydroxylation sites is 1. The molecule has 1 aliphatic rings. The van der Waals surface area contributed by atoms with Gasteiger partial charge in [0.2, 0.25) is 17.7 Å². The third-order valence-corrected chi connectivity index (χ3v) is 7.97. The third-order valence-electron chi connectivity index (χ3n) is 7.97. The van der Waals surface area contributed by atoms with Crippen LogP contribution in [0, 0.1) is 0 Å². The Bertz CT molecular complexity index is 1740. The van der Waals surface area contributed by atoms with Crippen molar-refractivity contribution in [3.8, 4) is 0 Å². The van der Waals surface area contributed by atoms with Crippen molar-refractivity contribution in [2.24, 2.45) is 5.73 Å². The highest BCUT2D eigenvalue weighted by atomic mass is 16.6. The Balaban J connectivity index is 1.36. The van der Waals surface area contributed by atoms with Gasteiger partial charge in [0, 0.05) is 23.5 Å². The van der Waals surface area contributed by atoms with E-state index in [-0.39, 0.29) is 31.8 Å². The van der Waals surface area contributed by atoms with Crippen LogP contribution in [0.4, 0.5) is 4.79 Å². The summed E-state index contributed by atoms with van der Waals surface area (Å²) in [4.78, 5) is 68.8. The maximum absolute atomic E-state index is 14.0. The second-order valence-electron chi connectivity index (χ2n) is 11.7. The highest BCUT2D eigenvalue weighted by Crippen LogP contribution is 2.29.